The Bertz CT molecular complexity index is 601. The number of amides is 1. The minimum atomic E-state index is -0.216. The Kier molecular flexibility index (Phi) is 4.01. The van der Waals surface area contributed by atoms with Crippen molar-refractivity contribution >= 4 is 5.91 Å². The molecule has 3 rings (SSSR count). The van der Waals surface area contributed by atoms with Crippen LogP contribution in [0.5, 0.6) is 0 Å². The average Bonchev–Trinajstić information content (AvgIpc) is 3.00. The van der Waals surface area contributed by atoms with Crippen LogP contribution in [-0.4, -0.2) is 33.4 Å². The lowest BCUT2D eigenvalue weighted by molar-refractivity contribution is 0.0868. The monoisotopic (exact) mass is 285 g/mol. The highest BCUT2D eigenvalue weighted by molar-refractivity contribution is 5.99. The van der Waals surface area contributed by atoms with Gasteiger partial charge in [-0.25, -0.2) is 0 Å². The van der Waals surface area contributed by atoms with Gasteiger partial charge in [0.15, 0.2) is 0 Å². The molecule has 1 aromatic heterocycles. The van der Waals surface area contributed by atoms with Crippen LogP contribution in [0.3, 0.4) is 0 Å². The highest BCUT2D eigenvalue weighted by atomic mass is 16.3. The van der Waals surface area contributed by atoms with E-state index in [9.17, 15) is 9.90 Å². The number of rotatable bonds is 3. The number of aliphatic hydroxyl groups is 1. The first-order valence-electron chi connectivity index (χ1n) is 7.32. The van der Waals surface area contributed by atoms with Crippen LogP contribution in [-0.2, 0) is 0 Å². The molecule has 1 heterocycles. The molecular weight excluding hydrogens is 266 g/mol. The van der Waals surface area contributed by atoms with E-state index in [2.05, 4.69) is 15.5 Å². The number of hydrogen-bond donors (Lipinski definition) is 3. The summed E-state index contributed by atoms with van der Waals surface area (Å²) in [7, 11) is 0. The Morgan fingerprint density at radius 3 is 2.62 bits per heavy atom. The number of aromatic amines is 1. The molecule has 1 aromatic carbocycles. The van der Waals surface area contributed by atoms with Gasteiger partial charge >= 0.3 is 0 Å². The topological polar surface area (TPSA) is 78.0 Å². The van der Waals surface area contributed by atoms with Crippen LogP contribution < -0.4 is 5.32 Å². The van der Waals surface area contributed by atoms with E-state index in [0.717, 1.165) is 36.9 Å². The first kappa shape index (κ1) is 13.8. The summed E-state index contributed by atoms with van der Waals surface area (Å²) in [6.07, 6.45) is 4.50. The van der Waals surface area contributed by atoms with E-state index in [1.54, 1.807) is 6.20 Å². The number of nitrogens with zero attached hydrogens (tertiary/aromatic N) is 1. The van der Waals surface area contributed by atoms with E-state index in [1.807, 2.05) is 30.3 Å². The molecular formula is C16H19N3O2. The summed E-state index contributed by atoms with van der Waals surface area (Å²) in [5, 5.41) is 19.4. The molecule has 1 amide bonds. The third-order valence-corrected chi connectivity index (χ3v) is 3.98. The Labute approximate surface area is 123 Å². The zero-order chi connectivity index (χ0) is 14.7. The molecule has 0 radical (unpaired) electrons. The van der Waals surface area contributed by atoms with Gasteiger partial charge in [-0.15, -0.1) is 0 Å². The fourth-order valence-electron chi connectivity index (χ4n) is 2.77. The minimum absolute atomic E-state index is 0.107. The van der Waals surface area contributed by atoms with E-state index < -0.39 is 0 Å². The third-order valence-electron chi connectivity index (χ3n) is 3.98. The van der Waals surface area contributed by atoms with Gasteiger partial charge in [0.25, 0.3) is 5.91 Å². The molecule has 1 saturated carbocycles. The van der Waals surface area contributed by atoms with E-state index in [4.69, 9.17) is 0 Å². The normalized spacial score (nSPS) is 22.0. The number of benzene rings is 1. The van der Waals surface area contributed by atoms with Gasteiger partial charge in [0.05, 0.1) is 23.6 Å². The first-order chi connectivity index (χ1) is 10.2. The van der Waals surface area contributed by atoms with Crippen LogP contribution in [0.1, 0.15) is 36.0 Å². The van der Waals surface area contributed by atoms with Gasteiger partial charge in [0.1, 0.15) is 0 Å². The molecule has 1 aliphatic rings. The summed E-state index contributed by atoms with van der Waals surface area (Å²) in [6, 6.07) is 9.83. The molecule has 0 unspecified atom stereocenters. The Morgan fingerprint density at radius 1 is 1.19 bits per heavy atom. The molecule has 1 fully saturated rings. The summed E-state index contributed by atoms with van der Waals surface area (Å²) >= 11 is 0. The van der Waals surface area contributed by atoms with Gasteiger partial charge in [-0.2, -0.15) is 5.10 Å². The summed E-state index contributed by atoms with van der Waals surface area (Å²) < 4.78 is 0. The Hall–Kier alpha value is -2.14. The van der Waals surface area contributed by atoms with Gasteiger partial charge < -0.3 is 10.4 Å². The standard InChI is InChI=1S/C16H19N3O2/c20-13-8-6-12(7-9-13)18-16(21)14-10-17-19-15(14)11-4-2-1-3-5-11/h1-5,10,12-13,20H,6-9H2,(H,17,19)(H,18,21). The maximum absolute atomic E-state index is 12.4. The highest BCUT2D eigenvalue weighted by Gasteiger charge is 2.23. The fraction of sp³-hybridized carbons (Fsp3) is 0.375. The van der Waals surface area contributed by atoms with Gasteiger partial charge in [-0.05, 0) is 25.7 Å². The Morgan fingerprint density at radius 2 is 1.90 bits per heavy atom. The molecule has 2 aromatic rings. The quantitative estimate of drug-likeness (QED) is 0.808. The molecule has 0 bridgehead atoms. The molecule has 110 valence electrons. The zero-order valence-electron chi connectivity index (χ0n) is 11.7. The van der Waals surface area contributed by atoms with Crippen molar-refractivity contribution < 1.29 is 9.90 Å². The predicted molar refractivity (Wildman–Crippen MR) is 79.8 cm³/mol. The molecule has 5 nitrogen and oxygen atoms in total. The minimum Gasteiger partial charge on any atom is -0.393 e. The summed E-state index contributed by atoms with van der Waals surface area (Å²) in [5.41, 5.74) is 2.25. The second-order valence-electron chi connectivity index (χ2n) is 5.50. The maximum atomic E-state index is 12.4. The smallest absolute Gasteiger partial charge is 0.255 e. The molecule has 0 aliphatic heterocycles. The number of carbonyl (C=O) groups excluding carboxylic acids is 1. The van der Waals surface area contributed by atoms with Crippen molar-refractivity contribution in [2.24, 2.45) is 0 Å². The maximum Gasteiger partial charge on any atom is 0.255 e. The number of carbonyl (C=O) groups is 1. The first-order valence-corrected chi connectivity index (χ1v) is 7.32. The van der Waals surface area contributed by atoms with Crippen LogP contribution in [0.4, 0.5) is 0 Å². The Balaban J connectivity index is 1.73. The molecule has 0 atom stereocenters. The van der Waals surface area contributed by atoms with Crippen LogP contribution in [0.25, 0.3) is 11.3 Å². The van der Waals surface area contributed by atoms with E-state index >= 15 is 0 Å². The van der Waals surface area contributed by atoms with E-state index in [1.165, 1.54) is 0 Å². The summed E-state index contributed by atoms with van der Waals surface area (Å²) in [4.78, 5) is 12.4. The third kappa shape index (κ3) is 3.13. The van der Waals surface area contributed by atoms with Crippen molar-refractivity contribution in [1.82, 2.24) is 15.5 Å². The second kappa shape index (κ2) is 6.10. The molecule has 0 spiro atoms. The SMILES string of the molecule is O=C(NC1CCC(O)CC1)c1cn[nH]c1-c1ccccc1. The number of aliphatic hydroxyl groups excluding tert-OH is 1. The van der Waals surface area contributed by atoms with Gasteiger partial charge in [0.2, 0.25) is 0 Å². The van der Waals surface area contributed by atoms with Crippen molar-refractivity contribution in [3.05, 3.63) is 42.1 Å². The summed E-state index contributed by atoms with van der Waals surface area (Å²) in [5.74, 6) is -0.107. The number of aromatic nitrogens is 2. The van der Waals surface area contributed by atoms with Gasteiger partial charge in [0, 0.05) is 11.6 Å². The van der Waals surface area contributed by atoms with E-state index in [-0.39, 0.29) is 18.1 Å². The average molecular weight is 285 g/mol. The largest absolute Gasteiger partial charge is 0.393 e. The van der Waals surface area contributed by atoms with Crippen molar-refractivity contribution in [3.63, 3.8) is 0 Å². The van der Waals surface area contributed by atoms with Crippen molar-refractivity contribution in [3.8, 4) is 11.3 Å². The lowest BCUT2D eigenvalue weighted by Crippen LogP contribution is -2.38. The van der Waals surface area contributed by atoms with E-state index in [0.29, 0.717) is 5.56 Å². The van der Waals surface area contributed by atoms with Crippen LogP contribution in [0.15, 0.2) is 36.5 Å². The highest BCUT2D eigenvalue weighted by Crippen LogP contribution is 2.22. The van der Waals surface area contributed by atoms with Crippen LogP contribution >= 0.6 is 0 Å². The van der Waals surface area contributed by atoms with Gasteiger partial charge in [-0.3, -0.25) is 9.89 Å². The number of nitrogens with one attached hydrogen (secondary N) is 2. The van der Waals surface area contributed by atoms with Crippen molar-refractivity contribution in [1.29, 1.82) is 0 Å². The lowest BCUT2D eigenvalue weighted by atomic mass is 9.93. The molecule has 3 N–H and O–H groups in total. The molecule has 21 heavy (non-hydrogen) atoms. The molecule has 1 aliphatic carbocycles. The molecule has 0 saturated heterocycles. The van der Waals surface area contributed by atoms with Crippen LogP contribution in [0.2, 0.25) is 0 Å². The number of hydrogen-bond acceptors (Lipinski definition) is 3. The predicted octanol–water partition coefficient (Wildman–Crippen LogP) is 2.11. The second-order valence-corrected chi connectivity index (χ2v) is 5.50. The number of H-pyrrole nitrogens is 1. The zero-order valence-corrected chi connectivity index (χ0v) is 11.7. The molecule has 5 heteroatoms. The van der Waals surface area contributed by atoms with Gasteiger partial charge in [-0.1, -0.05) is 30.3 Å². The fourth-order valence-corrected chi connectivity index (χ4v) is 2.77. The van der Waals surface area contributed by atoms with Crippen LogP contribution in [0, 0.1) is 0 Å². The van der Waals surface area contributed by atoms with Crippen molar-refractivity contribution in [2.45, 2.75) is 37.8 Å². The summed E-state index contributed by atoms with van der Waals surface area (Å²) in [6.45, 7) is 0. The van der Waals surface area contributed by atoms with Crippen molar-refractivity contribution in [2.75, 3.05) is 0 Å². The lowest BCUT2D eigenvalue weighted by Gasteiger charge is -2.26.